The molecule has 0 aliphatic carbocycles. The van der Waals surface area contributed by atoms with Gasteiger partial charge in [0, 0.05) is 65.6 Å². The fourth-order valence-corrected chi connectivity index (χ4v) is 5.68. The number of hydrogen-bond donors (Lipinski definition) is 2. The third kappa shape index (κ3) is 5.49. The maximum absolute atomic E-state index is 13.7. The second kappa shape index (κ2) is 11.6. The van der Waals surface area contributed by atoms with E-state index in [1.165, 1.54) is 6.07 Å². The molecule has 0 bridgehead atoms. The topological polar surface area (TPSA) is 98.2 Å². The number of aromatic amines is 1. The second-order valence-electron chi connectivity index (χ2n) is 10.2. The Morgan fingerprint density at radius 1 is 1.20 bits per heavy atom. The number of benzene rings is 1. The van der Waals surface area contributed by atoms with Crippen LogP contribution < -0.4 is 15.6 Å². The number of fused-ring (bicyclic) bond motifs is 1. The number of H-pyrrole nitrogens is 1. The van der Waals surface area contributed by atoms with E-state index >= 15 is 0 Å². The number of rotatable bonds is 8. The number of nitrogens with one attached hydrogen (secondary N) is 2. The van der Waals surface area contributed by atoms with Crippen LogP contribution in [0.15, 0.2) is 53.6 Å². The maximum atomic E-state index is 13.7. The summed E-state index contributed by atoms with van der Waals surface area (Å²) in [6, 6.07) is 11.2. The van der Waals surface area contributed by atoms with Crippen LogP contribution in [-0.2, 0) is 11.3 Å². The lowest BCUT2D eigenvalue weighted by Crippen LogP contribution is -2.29. The Morgan fingerprint density at radius 2 is 1.98 bits per heavy atom. The van der Waals surface area contributed by atoms with Crippen molar-refractivity contribution in [1.29, 1.82) is 0 Å². The fourth-order valence-electron chi connectivity index (χ4n) is 5.68. The van der Waals surface area contributed by atoms with Crippen LogP contribution in [0.5, 0.6) is 5.75 Å². The Balaban J connectivity index is 1.55. The lowest BCUT2D eigenvalue weighted by Gasteiger charge is -2.30. The summed E-state index contributed by atoms with van der Waals surface area (Å²) < 4.78 is 38.4. The van der Waals surface area contributed by atoms with Crippen molar-refractivity contribution in [3.63, 3.8) is 0 Å². The minimum atomic E-state index is -3.10. The quantitative estimate of drug-likeness (QED) is 0.301. The van der Waals surface area contributed by atoms with Crippen LogP contribution in [0.25, 0.3) is 22.0 Å². The van der Waals surface area contributed by atoms with Gasteiger partial charge in [0.05, 0.1) is 17.7 Å². The molecule has 4 heterocycles. The van der Waals surface area contributed by atoms with Gasteiger partial charge in [0.1, 0.15) is 5.75 Å². The van der Waals surface area contributed by atoms with Crippen molar-refractivity contribution in [2.45, 2.75) is 52.8 Å². The Morgan fingerprint density at radius 3 is 2.67 bits per heavy atom. The first-order valence-electron chi connectivity index (χ1n) is 13.3. The van der Waals surface area contributed by atoms with Gasteiger partial charge < -0.3 is 24.3 Å². The van der Waals surface area contributed by atoms with Gasteiger partial charge in [-0.3, -0.25) is 14.6 Å². The number of aryl methyl sites for hydroxylation is 1. The minimum Gasteiger partial charge on any atom is -0.434 e. The van der Waals surface area contributed by atoms with Crippen LogP contribution in [0.1, 0.15) is 53.1 Å². The van der Waals surface area contributed by atoms with Crippen LogP contribution in [0, 0.1) is 19.8 Å². The van der Waals surface area contributed by atoms with Gasteiger partial charge in [0.15, 0.2) is 0 Å². The lowest BCUT2D eigenvalue weighted by atomic mass is 9.92. The fraction of sp³-hybridized carbons (Fsp3) is 0.367. The predicted octanol–water partition coefficient (Wildman–Crippen LogP) is 5.53. The highest BCUT2D eigenvalue weighted by Crippen LogP contribution is 2.37. The lowest BCUT2D eigenvalue weighted by molar-refractivity contribution is -0.0506. The third-order valence-electron chi connectivity index (χ3n) is 7.70. The monoisotopic (exact) mass is 550 g/mol. The molecule has 4 aromatic rings. The summed E-state index contributed by atoms with van der Waals surface area (Å²) in [5.74, 6) is -0.288. The van der Waals surface area contributed by atoms with Crippen LogP contribution in [0.4, 0.5) is 8.78 Å². The van der Waals surface area contributed by atoms with Gasteiger partial charge in [0.2, 0.25) is 0 Å². The molecular weight excluding hydrogens is 518 g/mol. The van der Waals surface area contributed by atoms with Crippen LogP contribution >= 0.6 is 0 Å². The number of carbonyl (C=O) groups excluding carboxylic acids is 1. The molecule has 1 aliphatic heterocycles. The average molecular weight is 551 g/mol. The molecule has 0 spiro atoms. The van der Waals surface area contributed by atoms with E-state index in [0.29, 0.717) is 30.4 Å². The summed E-state index contributed by atoms with van der Waals surface area (Å²) in [6.07, 6.45) is 5.37. The minimum absolute atomic E-state index is 0.0740. The summed E-state index contributed by atoms with van der Waals surface area (Å²) >= 11 is 0. The van der Waals surface area contributed by atoms with Gasteiger partial charge in [-0.05, 0) is 57.2 Å². The zero-order valence-electron chi connectivity index (χ0n) is 22.7. The van der Waals surface area contributed by atoms with Crippen molar-refractivity contribution in [1.82, 2.24) is 19.9 Å². The number of hydrogen-bond acceptors (Lipinski definition) is 5. The molecule has 1 aromatic carbocycles. The second-order valence-corrected chi connectivity index (χ2v) is 10.2. The van der Waals surface area contributed by atoms with Crippen molar-refractivity contribution >= 4 is 16.8 Å². The summed E-state index contributed by atoms with van der Waals surface area (Å²) in [6.45, 7) is 3.69. The summed E-state index contributed by atoms with van der Waals surface area (Å²) in [5.41, 5.74) is 3.83. The Kier molecular flexibility index (Phi) is 7.97. The highest BCUT2D eigenvalue weighted by atomic mass is 19.3. The van der Waals surface area contributed by atoms with Crippen molar-refractivity contribution < 1.29 is 23.0 Å². The molecule has 210 valence electrons. The van der Waals surface area contributed by atoms with E-state index in [1.807, 2.05) is 31.2 Å². The summed E-state index contributed by atoms with van der Waals surface area (Å²) in [4.78, 5) is 33.1. The van der Waals surface area contributed by atoms with E-state index in [-0.39, 0.29) is 23.9 Å². The summed E-state index contributed by atoms with van der Waals surface area (Å²) in [5, 5.41) is 3.54. The van der Waals surface area contributed by atoms with E-state index in [4.69, 9.17) is 4.74 Å². The maximum Gasteiger partial charge on any atom is 0.387 e. The number of nitrogens with zero attached hydrogens (tertiary/aromatic N) is 2. The Bertz CT molecular complexity index is 1580. The van der Waals surface area contributed by atoms with Gasteiger partial charge in [-0.2, -0.15) is 8.78 Å². The first kappa shape index (κ1) is 27.5. The van der Waals surface area contributed by atoms with E-state index in [9.17, 15) is 18.4 Å². The average Bonchev–Trinajstić information content (AvgIpc) is 3.23. The SMILES string of the molecule is Cc1cc(OC(F)F)c(CNC(=O)c2c(C)n(C(C)C3CCOCC3)c3cc(-c4cccnc4)ccc23)c(=O)[nH]1. The molecule has 2 N–H and O–H groups in total. The first-order valence-corrected chi connectivity index (χ1v) is 13.3. The van der Waals surface area contributed by atoms with Crippen molar-refractivity contribution in [3.05, 3.63) is 81.7 Å². The van der Waals surface area contributed by atoms with E-state index in [1.54, 1.807) is 19.3 Å². The number of amides is 1. The van der Waals surface area contributed by atoms with Crippen molar-refractivity contribution in [2.24, 2.45) is 5.92 Å². The molecule has 1 unspecified atom stereocenters. The van der Waals surface area contributed by atoms with Crippen molar-refractivity contribution in [2.75, 3.05) is 13.2 Å². The molecule has 8 nitrogen and oxygen atoms in total. The smallest absolute Gasteiger partial charge is 0.387 e. The van der Waals surface area contributed by atoms with Gasteiger partial charge >= 0.3 is 6.61 Å². The summed E-state index contributed by atoms with van der Waals surface area (Å²) in [7, 11) is 0. The normalized spacial score (nSPS) is 14.9. The molecule has 1 atom stereocenters. The first-order chi connectivity index (χ1) is 19.2. The van der Waals surface area contributed by atoms with Crippen molar-refractivity contribution in [3.8, 4) is 16.9 Å². The molecule has 0 radical (unpaired) electrons. The highest BCUT2D eigenvalue weighted by molar-refractivity contribution is 6.09. The molecule has 1 fully saturated rings. The molecule has 1 aliphatic rings. The van der Waals surface area contributed by atoms with Crippen LogP contribution in [0.3, 0.4) is 0 Å². The van der Waals surface area contributed by atoms with Gasteiger partial charge in [-0.15, -0.1) is 0 Å². The number of carbonyl (C=O) groups is 1. The van der Waals surface area contributed by atoms with Crippen LogP contribution in [0.2, 0.25) is 0 Å². The van der Waals surface area contributed by atoms with E-state index < -0.39 is 18.1 Å². The predicted molar refractivity (Wildman–Crippen MR) is 148 cm³/mol. The standard InChI is InChI=1S/C30H32F2N4O4/c1-17-13-26(40-30(31)32)24(28(37)35-17)16-34-29(38)27-19(3)36(18(2)20-8-11-39-12-9-20)25-14-21(6-7-23(25)27)22-5-4-10-33-15-22/h4-7,10,13-15,18,20,30H,8-9,11-12,16H2,1-3H3,(H,34,38)(H,35,37). The molecule has 5 rings (SSSR count). The number of ether oxygens (including phenoxy) is 2. The Hall–Kier alpha value is -4.05. The molecule has 10 heteroatoms. The zero-order valence-corrected chi connectivity index (χ0v) is 22.7. The highest BCUT2D eigenvalue weighted by Gasteiger charge is 2.28. The zero-order chi connectivity index (χ0) is 28.4. The molecule has 1 saturated heterocycles. The van der Waals surface area contributed by atoms with Gasteiger partial charge in [-0.1, -0.05) is 18.2 Å². The largest absolute Gasteiger partial charge is 0.434 e. The van der Waals surface area contributed by atoms with Crippen LogP contribution in [-0.4, -0.2) is 40.3 Å². The van der Waals surface area contributed by atoms with Gasteiger partial charge in [0.25, 0.3) is 11.5 Å². The van der Waals surface area contributed by atoms with E-state index in [0.717, 1.165) is 40.6 Å². The number of alkyl halides is 2. The number of aromatic nitrogens is 3. The van der Waals surface area contributed by atoms with Gasteiger partial charge in [-0.25, -0.2) is 0 Å². The third-order valence-corrected chi connectivity index (χ3v) is 7.70. The Labute approximate surface area is 230 Å². The molecule has 1 amide bonds. The molecule has 0 saturated carbocycles. The van der Waals surface area contributed by atoms with E-state index in [2.05, 4.69) is 37.6 Å². The molecule has 40 heavy (non-hydrogen) atoms. The molecule has 3 aromatic heterocycles. The molecular formula is C30H32F2N4O4. The number of halogens is 2. The number of pyridine rings is 2.